The summed E-state index contributed by atoms with van der Waals surface area (Å²) in [6, 6.07) is 11.6. The Morgan fingerprint density at radius 1 is 1.00 bits per heavy atom. The van der Waals surface area contributed by atoms with Gasteiger partial charge in [0, 0.05) is 17.2 Å². The van der Waals surface area contributed by atoms with Crippen LogP contribution in [0.25, 0.3) is 0 Å². The molecule has 2 rings (SSSR count). The smallest absolute Gasteiger partial charge is 0.224 e. The molecule has 0 bridgehead atoms. The molecule has 0 saturated heterocycles. The molecule has 32 heavy (non-hydrogen) atoms. The molecule has 0 aliphatic heterocycles. The highest BCUT2D eigenvalue weighted by molar-refractivity contribution is 6.31. The lowest BCUT2D eigenvalue weighted by atomic mass is 10.1. The topological polar surface area (TPSA) is 42.2 Å². The van der Waals surface area contributed by atoms with E-state index in [-0.39, 0.29) is 36.3 Å². The Balaban J connectivity index is 0.00000512. The Morgan fingerprint density at radius 3 is 2.41 bits per heavy atom. The lowest BCUT2D eigenvalue weighted by Gasteiger charge is -2.10. The first-order valence-corrected chi connectivity index (χ1v) is 12.2. The number of benzene rings is 1. The van der Waals surface area contributed by atoms with Crippen molar-refractivity contribution in [2.24, 2.45) is 0 Å². The molecule has 0 radical (unpaired) electrons. The van der Waals surface area contributed by atoms with Crippen LogP contribution in [0.2, 0.25) is 5.02 Å². The van der Waals surface area contributed by atoms with Crippen LogP contribution in [0.5, 0.6) is 5.75 Å². The van der Waals surface area contributed by atoms with Gasteiger partial charge in [-0.15, -0.1) is 0 Å². The van der Waals surface area contributed by atoms with Crippen molar-refractivity contribution >= 4 is 17.5 Å². The number of ether oxygens (including phenoxy) is 1. The van der Waals surface area contributed by atoms with E-state index in [1.807, 2.05) is 42.6 Å². The van der Waals surface area contributed by atoms with Gasteiger partial charge in [0.05, 0.1) is 13.0 Å². The highest BCUT2D eigenvalue weighted by atomic mass is 127. The van der Waals surface area contributed by atoms with E-state index in [2.05, 4.69) is 23.7 Å². The Kier molecular flexibility index (Phi) is 15.4. The zero-order chi connectivity index (χ0) is 22.3. The van der Waals surface area contributed by atoms with Crippen molar-refractivity contribution < 1.29 is 38.1 Å². The summed E-state index contributed by atoms with van der Waals surface area (Å²) in [5, 5.41) is 3.56. The number of amides is 1. The number of unbranched alkanes of at least 4 members (excludes halogenated alkanes) is 7. The molecule has 1 heterocycles. The number of carbonyl (C=O) groups is 1. The van der Waals surface area contributed by atoms with Gasteiger partial charge in [0.25, 0.3) is 0 Å². The van der Waals surface area contributed by atoms with E-state index >= 15 is 0 Å². The zero-order valence-corrected chi connectivity index (χ0v) is 22.5. The summed E-state index contributed by atoms with van der Waals surface area (Å²) in [4.78, 5) is 12.4. The second-order valence-electron chi connectivity index (χ2n) is 8.01. The van der Waals surface area contributed by atoms with Crippen molar-refractivity contribution in [2.75, 3.05) is 6.61 Å². The van der Waals surface area contributed by atoms with Gasteiger partial charge >= 0.3 is 0 Å². The number of pyridine rings is 1. The SMILES string of the molecule is CCCCCCCCCCOc1ccc(CC(=O)NCc2cccc[n+]2CC)c(Cl)c1.[I-]. The number of rotatable bonds is 15. The first-order chi connectivity index (χ1) is 15.1. The highest BCUT2D eigenvalue weighted by Gasteiger charge is 2.12. The molecular formula is C26H38ClIN2O2. The quantitative estimate of drug-likeness (QED) is 0.203. The van der Waals surface area contributed by atoms with E-state index < -0.39 is 0 Å². The third-order valence-corrected chi connectivity index (χ3v) is 5.84. The van der Waals surface area contributed by atoms with Gasteiger partial charge < -0.3 is 34.0 Å². The van der Waals surface area contributed by atoms with E-state index in [4.69, 9.17) is 16.3 Å². The maximum Gasteiger partial charge on any atom is 0.224 e. The number of aryl methyl sites for hydroxylation is 1. The van der Waals surface area contributed by atoms with Crippen molar-refractivity contribution in [3.63, 3.8) is 0 Å². The molecular weight excluding hydrogens is 535 g/mol. The lowest BCUT2D eigenvalue weighted by Crippen LogP contribution is -3.00. The van der Waals surface area contributed by atoms with Crippen LogP contribution in [-0.4, -0.2) is 12.5 Å². The highest BCUT2D eigenvalue weighted by Crippen LogP contribution is 2.23. The summed E-state index contributed by atoms with van der Waals surface area (Å²) in [5.41, 5.74) is 1.89. The third kappa shape index (κ3) is 11.0. The molecule has 0 aliphatic carbocycles. The zero-order valence-electron chi connectivity index (χ0n) is 19.5. The average Bonchev–Trinajstić information content (AvgIpc) is 2.78. The van der Waals surface area contributed by atoms with E-state index in [0.717, 1.165) is 30.0 Å². The predicted octanol–water partition coefficient (Wildman–Crippen LogP) is 3.03. The number of hydrogen-bond donors (Lipinski definition) is 1. The van der Waals surface area contributed by atoms with E-state index in [1.54, 1.807) is 0 Å². The van der Waals surface area contributed by atoms with Crippen LogP contribution >= 0.6 is 11.6 Å². The predicted molar refractivity (Wildman–Crippen MR) is 127 cm³/mol. The molecule has 2 aromatic rings. The normalized spacial score (nSPS) is 10.5. The summed E-state index contributed by atoms with van der Waals surface area (Å²) in [6.07, 6.45) is 12.5. The summed E-state index contributed by atoms with van der Waals surface area (Å²) in [7, 11) is 0. The minimum atomic E-state index is -0.0407. The lowest BCUT2D eigenvalue weighted by molar-refractivity contribution is -0.701. The van der Waals surface area contributed by atoms with Crippen LogP contribution in [0.4, 0.5) is 0 Å². The molecule has 1 aromatic heterocycles. The third-order valence-electron chi connectivity index (χ3n) is 5.48. The van der Waals surface area contributed by atoms with E-state index in [0.29, 0.717) is 18.2 Å². The van der Waals surface area contributed by atoms with Crippen LogP contribution in [-0.2, 0) is 24.3 Å². The summed E-state index contributed by atoms with van der Waals surface area (Å²) >= 11 is 6.40. The fourth-order valence-corrected chi connectivity index (χ4v) is 3.83. The Bertz CT molecular complexity index is 801. The van der Waals surface area contributed by atoms with E-state index in [1.165, 1.54) is 44.9 Å². The minimum Gasteiger partial charge on any atom is -1.00 e. The van der Waals surface area contributed by atoms with Gasteiger partial charge in [0.15, 0.2) is 6.20 Å². The summed E-state index contributed by atoms with van der Waals surface area (Å²) in [5.74, 6) is 0.728. The molecule has 1 amide bonds. The molecule has 6 heteroatoms. The van der Waals surface area contributed by atoms with Crippen LogP contribution in [0.1, 0.15) is 76.5 Å². The van der Waals surface area contributed by atoms with Crippen molar-refractivity contribution in [1.29, 1.82) is 0 Å². The Labute approximate surface area is 216 Å². The van der Waals surface area contributed by atoms with Crippen LogP contribution in [0, 0.1) is 0 Å². The average molecular weight is 573 g/mol. The largest absolute Gasteiger partial charge is 1.00 e. The van der Waals surface area contributed by atoms with Gasteiger partial charge in [-0.3, -0.25) is 4.79 Å². The molecule has 4 nitrogen and oxygen atoms in total. The van der Waals surface area contributed by atoms with Crippen LogP contribution in [0.3, 0.4) is 0 Å². The van der Waals surface area contributed by atoms with Crippen LogP contribution < -0.4 is 38.6 Å². The van der Waals surface area contributed by atoms with Gasteiger partial charge in [-0.05, 0) is 31.0 Å². The summed E-state index contributed by atoms with van der Waals surface area (Å²) < 4.78 is 7.95. The molecule has 0 saturated carbocycles. The minimum absolute atomic E-state index is 0. The molecule has 0 fully saturated rings. The number of aromatic nitrogens is 1. The first-order valence-electron chi connectivity index (χ1n) is 11.8. The standard InChI is InChI=1S/C26H37ClN2O2.HI/c1-3-5-6-7-8-9-10-13-18-31-24-16-15-22(25(27)20-24)19-26(30)28-21-23-14-11-12-17-29(23)4-2;/h11-12,14-17,20H,3-10,13,18-19,21H2,1-2H3;1H. The van der Waals surface area contributed by atoms with Crippen molar-refractivity contribution in [3.8, 4) is 5.75 Å². The number of carbonyl (C=O) groups excluding carboxylic acids is 1. The molecule has 0 atom stereocenters. The van der Waals surface area contributed by atoms with E-state index in [9.17, 15) is 4.79 Å². The van der Waals surface area contributed by atoms with Gasteiger partial charge in [-0.2, -0.15) is 0 Å². The number of halogens is 2. The maximum atomic E-state index is 12.4. The molecule has 0 spiro atoms. The molecule has 178 valence electrons. The molecule has 0 aliphatic rings. The monoisotopic (exact) mass is 572 g/mol. The Morgan fingerprint density at radius 2 is 1.72 bits per heavy atom. The molecule has 0 unspecified atom stereocenters. The number of nitrogens with zero attached hydrogens (tertiary/aromatic N) is 1. The van der Waals surface area contributed by atoms with Crippen molar-refractivity contribution in [3.05, 3.63) is 58.9 Å². The van der Waals surface area contributed by atoms with Crippen molar-refractivity contribution in [2.45, 2.75) is 84.7 Å². The van der Waals surface area contributed by atoms with Gasteiger partial charge in [-0.1, -0.05) is 75.6 Å². The fourth-order valence-electron chi connectivity index (χ4n) is 3.59. The summed E-state index contributed by atoms with van der Waals surface area (Å²) in [6.45, 7) is 6.42. The second-order valence-corrected chi connectivity index (χ2v) is 8.42. The Hall–Kier alpha value is -1.34. The first kappa shape index (κ1) is 28.7. The second kappa shape index (κ2) is 17.2. The van der Waals surface area contributed by atoms with Crippen molar-refractivity contribution in [1.82, 2.24) is 5.32 Å². The number of hydrogen-bond acceptors (Lipinski definition) is 2. The van der Waals surface area contributed by atoms with Gasteiger partial charge in [0.2, 0.25) is 11.6 Å². The maximum absolute atomic E-state index is 12.4. The number of nitrogens with one attached hydrogen (secondary N) is 1. The fraction of sp³-hybridized carbons (Fsp3) is 0.538. The van der Waals surface area contributed by atoms with Gasteiger partial charge in [-0.25, -0.2) is 4.57 Å². The molecule has 1 N–H and O–H groups in total. The molecule has 1 aromatic carbocycles. The van der Waals surface area contributed by atoms with Crippen LogP contribution in [0.15, 0.2) is 42.6 Å². The van der Waals surface area contributed by atoms with Gasteiger partial charge in [0.1, 0.15) is 18.8 Å².